The van der Waals surface area contributed by atoms with Gasteiger partial charge in [-0.25, -0.2) is 4.98 Å². The minimum absolute atomic E-state index is 0.00171. The highest BCUT2D eigenvalue weighted by molar-refractivity contribution is 7.80. The molecule has 0 spiro atoms. The second kappa shape index (κ2) is 6.17. The van der Waals surface area contributed by atoms with Gasteiger partial charge in [0, 0.05) is 4.88 Å². The van der Waals surface area contributed by atoms with Gasteiger partial charge in [-0.1, -0.05) is 23.8 Å². The van der Waals surface area contributed by atoms with E-state index in [2.05, 4.69) is 10.3 Å². The summed E-state index contributed by atoms with van der Waals surface area (Å²) in [6, 6.07) is 5.54. The van der Waals surface area contributed by atoms with Gasteiger partial charge < -0.3 is 11.1 Å². The van der Waals surface area contributed by atoms with Crippen LogP contribution in [0.4, 0.5) is 19.0 Å². The quantitative estimate of drug-likeness (QED) is 0.815. The third-order valence-electron chi connectivity index (χ3n) is 2.51. The van der Waals surface area contributed by atoms with Crippen molar-refractivity contribution in [3.63, 3.8) is 0 Å². The molecule has 3 nitrogen and oxygen atoms in total. The number of hydrogen-bond donors (Lipinski definition) is 2. The normalized spacial score (nSPS) is 11.4. The van der Waals surface area contributed by atoms with Crippen molar-refractivity contribution in [1.82, 2.24) is 4.98 Å². The molecule has 0 saturated heterocycles. The second-order valence-corrected chi connectivity index (χ2v) is 6.25. The van der Waals surface area contributed by atoms with Crippen LogP contribution in [-0.2, 0) is 12.7 Å². The van der Waals surface area contributed by atoms with Crippen LogP contribution in [0.15, 0.2) is 24.3 Å². The maximum Gasteiger partial charge on any atom is 0.433 e. The zero-order valence-corrected chi connectivity index (χ0v) is 12.8. The fraction of sp³-hybridized carbons (Fsp3) is 0.167. The van der Waals surface area contributed by atoms with Crippen LogP contribution in [-0.4, -0.2) is 9.97 Å². The molecule has 0 aromatic carbocycles. The molecule has 0 atom stereocenters. The largest absolute Gasteiger partial charge is 0.433 e. The number of aromatic nitrogens is 1. The number of anilines is 1. The standard InChI is InChI=1S/C12H9ClF3N3S2/c13-9-4-1-6(21-9)5-18-11-7(10(17)20)2-3-8(19-11)12(14,15)16/h1-4H,5H2,(H2,17,20)(H,18,19). The van der Waals surface area contributed by atoms with E-state index in [1.807, 2.05) is 0 Å². The van der Waals surface area contributed by atoms with E-state index in [-0.39, 0.29) is 22.9 Å². The first-order valence-corrected chi connectivity index (χ1v) is 7.24. The number of nitrogens with zero attached hydrogens (tertiary/aromatic N) is 1. The van der Waals surface area contributed by atoms with Gasteiger partial charge in [0.25, 0.3) is 0 Å². The average molecular weight is 352 g/mol. The van der Waals surface area contributed by atoms with Gasteiger partial charge >= 0.3 is 6.18 Å². The molecule has 0 aliphatic heterocycles. The van der Waals surface area contributed by atoms with Crippen molar-refractivity contribution in [2.45, 2.75) is 12.7 Å². The van der Waals surface area contributed by atoms with Crippen LogP contribution in [0, 0.1) is 0 Å². The molecule has 21 heavy (non-hydrogen) atoms. The van der Waals surface area contributed by atoms with Crippen LogP contribution in [0.2, 0.25) is 4.34 Å². The summed E-state index contributed by atoms with van der Waals surface area (Å²) < 4.78 is 38.7. The lowest BCUT2D eigenvalue weighted by Crippen LogP contribution is -2.17. The Morgan fingerprint density at radius 3 is 2.57 bits per heavy atom. The fourth-order valence-electron chi connectivity index (χ4n) is 1.57. The van der Waals surface area contributed by atoms with Gasteiger partial charge in [-0.2, -0.15) is 13.2 Å². The van der Waals surface area contributed by atoms with Crippen LogP contribution in [0.5, 0.6) is 0 Å². The minimum Gasteiger partial charge on any atom is -0.389 e. The predicted octanol–water partition coefficient (Wildman–Crippen LogP) is 4.06. The highest BCUT2D eigenvalue weighted by Gasteiger charge is 2.33. The molecule has 0 amide bonds. The van der Waals surface area contributed by atoms with Crippen molar-refractivity contribution in [1.29, 1.82) is 0 Å². The Morgan fingerprint density at radius 1 is 1.33 bits per heavy atom. The van der Waals surface area contributed by atoms with E-state index in [9.17, 15) is 13.2 Å². The van der Waals surface area contributed by atoms with Gasteiger partial charge in [-0.05, 0) is 24.3 Å². The van der Waals surface area contributed by atoms with Gasteiger partial charge in [-0.3, -0.25) is 0 Å². The van der Waals surface area contributed by atoms with Gasteiger partial charge in [0.05, 0.1) is 16.4 Å². The number of halogens is 4. The highest BCUT2D eigenvalue weighted by atomic mass is 35.5. The van der Waals surface area contributed by atoms with Crippen molar-refractivity contribution in [2.75, 3.05) is 5.32 Å². The first kappa shape index (κ1) is 16.0. The van der Waals surface area contributed by atoms with Gasteiger partial charge in [0.15, 0.2) is 0 Å². The van der Waals surface area contributed by atoms with Crippen molar-refractivity contribution in [3.05, 3.63) is 44.7 Å². The lowest BCUT2D eigenvalue weighted by molar-refractivity contribution is -0.141. The number of alkyl halides is 3. The Balaban J connectivity index is 2.28. The number of thiophene rings is 1. The van der Waals surface area contributed by atoms with Crippen LogP contribution in [0.1, 0.15) is 16.1 Å². The zero-order valence-electron chi connectivity index (χ0n) is 10.4. The van der Waals surface area contributed by atoms with Crippen molar-refractivity contribution in [3.8, 4) is 0 Å². The molecule has 3 N–H and O–H groups in total. The fourth-order valence-corrected chi connectivity index (χ4v) is 2.76. The molecule has 2 rings (SSSR count). The van der Waals surface area contributed by atoms with E-state index in [0.29, 0.717) is 4.34 Å². The summed E-state index contributed by atoms with van der Waals surface area (Å²) in [5.41, 5.74) is 4.76. The van der Waals surface area contributed by atoms with Crippen molar-refractivity contribution in [2.24, 2.45) is 5.73 Å². The maximum atomic E-state index is 12.7. The zero-order chi connectivity index (χ0) is 15.6. The molecule has 0 aliphatic rings. The SMILES string of the molecule is NC(=S)c1ccc(C(F)(F)F)nc1NCc1ccc(Cl)s1. The van der Waals surface area contributed by atoms with E-state index in [1.54, 1.807) is 12.1 Å². The van der Waals surface area contributed by atoms with E-state index in [4.69, 9.17) is 29.6 Å². The lowest BCUT2D eigenvalue weighted by Gasteiger charge is -2.13. The molecule has 0 bridgehead atoms. The molecular weight excluding hydrogens is 343 g/mol. The Kier molecular flexibility index (Phi) is 4.70. The number of pyridine rings is 1. The van der Waals surface area contributed by atoms with Crippen LogP contribution in [0.3, 0.4) is 0 Å². The molecule has 2 aromatic rings. The third-order valence-corrected chi connectivity index (χ3v) is 3.96. The van der Waals surface area contributed by atoms with Crippen molar-refractivity contribution < 1.29 is 13.2 Å². The van der Waals surface area contributed by atoms with E-state index >= 15 is 0 Å². The molecule has 0 radical (unpaired) electrons. The summed E-state index contributed by atoms with van der Waals surface area (Å²) in [6.07, 6.45) is -4.53. The average Bonchev–Trinajstić information content (AvgIpc) is 2.80. The molecule has 0 fully saturated rings. The maximum absolute atomic E-state index is 12.7. The smallest absolute Gasteiger partial charge is 0.389 e. The molecule has 2 aromatic heterocycles. The Bertz CT molecular complexity index is 670. The van der Waals surface area contributed by atoms with E-state index in [1.165, 1.54) is 17.4 Å². The summed E-state index contributed by atoms with van der Waals surface area (Å²) >= 11 is 11.9. The molecule has 0 unspecified atom stereocenters. The second-order valence-electron chi connectivity index (χ2n) is 4.01. The van der Waals surface area contributed by atoms with E-state index < -0.39 is 11.9 Å². The summed E-state index contributed by atoms with van der Waals surface area (Å²) in [7, 11) is 0. The Labute approximate surface area is 132 Å². The van der Waals surface area contributed by atoms with Gasteiger partial charge in [-0.15, -0.1) is 11.3 Å². The summed E-state index contributed by atoms with van der Waals surface area (Å²) in [6.45, 7) is 0.279. The van der Waals surface area contributed by atoms with Crippen LogP contribution >= 0.6 is 35.2 Å². The topological polar surface area (TPSA) is 50.9 Å². The lowest BCUT2D eigenvalue weighted by atomic mass is 10.2. The van der Waals surface area contributed by atoms with Crippen LogP contribution in [0.25, 0.3) is 0 Å². The predicted molar refractivity (Wildman–Crippen MR) is 81.8 cm³/mol. The first-order valence-electron chi connectivity index (χ1n) is 5.63. The molecule has 9 heteroatoms. The van der Waals surface area contributed by atoms with Gasteiger partial charge in [0.2, 0.25) is 0 Å². The summed E-state index contributed by atoms with van der Waals surface area (Å²) in [5, 5.41) is 2.81. The molecule has 0 saturated carbocycles. The summed E-state index contributed by atoms with van der Waals surface area (Å²) in [5.74, 6) is 0.00171. The number of hydrogen-bond acceptors (Lipinski definition) is 4. The first-order chi connectivity index (χ1) is 9.77. The number of nitrogens with one attached hydrogen (secondary N) is 1. The Morgan fingerprint density at radius 2 is 2.05 bits per heavy atom. The molecular formula is C12H9ClF3N3S2. The molecule has 0 aliphatic carbocycles. The van der Waals surface area contributed by atoms with Crippen LogP contribution < -0.4 is 11.1 Å². The van der Waals surface area contributed by atoms with Gasteiger partial charge in [0.1, 0.15) is 16.5 Å². The number of nitrogens with two attached hydrogens (primary N) is 1. The molecule has 112 valence electrons. The van der Waals surface area contributed by atoms with E-state index in [0.717, 1.165) is 10.9 Å². The monoisotopic (exact) mass is 351 g/mol. The Hall–Kier alpha value is -1.38. The number of thiocarbonyl (C=S) groups is 1. The third kappa shape index (κ3) is 4.05. The minimum atomic E-state index is -4.53. The highest BCUT2D eigenvalue weighted by Crippen LogP contribution is 2.30. The number of rotatable bonds is 4. The molecule has 2 heterocycles. The summed E-state index contributed by atoms with van der Waals surface area (Å²) in [4.78, 5) is 4.38. The van der Waals surface area contributed by atoms with Crippen molar-refractivity contribution >= 4 is 46.0 Å².